The maximum atomic E-state index is 14.0. The summed E-state index contributed by atoms with van der Waals surface area (Å²) in [4.78, 5) is 27.1. The van der Waals surface area contributed by atoms with Crippen LogP contribution >= 0.6 is 11.6 Å². The van der Waals surface area contributed by atoms with Gasteiger partial charge in [-0.15, -0.1) is 0 Å². The Morgan fingerprint density at radius 2 is 1.78 bits per heavy atom. The normalized spacial score (nSPS) is 26.4. The smallest absolute Gasteiger partial charge is 0.461 e. The van der Waals surface area contributed by atoms with Crippen LogP contribution in [-0.4, -0.2) is 50.4 Å². The third kappa shape index (κ3) is 6.13. The van der Waals surface area contributed by atoms with Crippen molar-refractivity contribution in [3.05, 3.63) is 57.6 Å². The lowest BCUT2D eigenvalue weighted by Crippen LogP contribution is -2.65. The van der Waals surface area contributed by atoms with Crippen molar-refractivity contribution in [2.24, 2.45) is 23.0 Å². The van der Waals surface area contributed by atoms with Gasteiger partial charge in [-0.1, -0.05) is 49.7 Å². The van der Waals surface area contributed by atoms with Gasteiger partial charge in [0, 0.05) is 12.2 Å². The van der Waals surface area contributed by atoms with Crippen LogP contribution in [0.3, 0.4) is 0 Å². The summed E-state index contributed by atoms with van der Waals surface area (Å²) in [6, 6.07) is 8.03. The molecule has 3 saturated carbocycles. The van der Waals surface area contributed by atoms with E-state index in [-0.39, 0.29) is 23.7 Å². The van der Waals surface area contributed by atoms with Crippen LogP contribution in [0.2, 0.25) is 10.8 Å². The number of hydrogen-bond acceptors (Lipinski definition) is 8. The monoisotopic (exact) mass is 639 g/mol. The molecule has 2 aromatic carbocycles. The zero-order valence-electron chi connectivity index (χ0n) is 28.0. The molecule has 0 aromatic heterocycles. The number of para-hydroxylation sites is 1. The number of Topliss-reactive ketones (excluding diaryl/α,β-unsaturated/α-hetero) is 1. The van der Waals surface area contributed by atoms with Gasteiger partial charge < -0.3 is 29.3 Å². The highest BCUT2D eigenvalue weighted by Crippen LogP contribution is 2.66. The zero-order valence-corrected chi connectivity index (χ0v) is 28.7. The van der Waals surface area contributed by atoms with Crippen molar-refractivity contribution in [3.8, 4) is 11.5 Å². The number of carbonyl (C=O) groups is 2. The maximum Gasteiger partial charge on any atom is 0.461 e. The Bertz CT molecular complexity index is 1470. The van der Waals surface area contributed by atoms with Gasteiger partial charge in [-0.05, 0) is 93.9 Å². The van der Waals surface area contributed by atoms with Crippen LogP contribution in [0.4, 0.5) is 0 Å². The Hall–Kier alpha value is -2.59. The Morgan fingerprint density at radius 1 is 1.09 bits per heavy atom. The minimum Gasteiger partial charge on any atom is -0.496 e. The first-order valence-electron chi connectivity index (χ1n) is 15.9. The highest BCUT2D eigenvalue weighted by atomic mass is 35.5. The molecule has 45 heavy (non-hydrogen) atoms. The Labute approximate surface area is 272 Å². The van der Waals surface area contributed by atoms with E-state index in [1.54, 1.807) is 25.3 Å². The number of nitrogens with two attached hydrogens (primary N) is 1. The Balaban J connectivity index is 1.47. The van der Waals surface area contributed by atoms with Gasteiger partial charge in [0.05, 0.1) is 37.0 Å². The second-order valence-corrected chi connectivity index (χ2v) is 15.1. The molecule has 6 rings (SSSR count). The molecule has 10 heteroatoms. The van der Waals surface area contributed by atoms with Gasteiger partial charge in [0.15, 0.2) is 5.78 Å². The fourth-order valence-electron chi connectivity index (χ4n) is 7.85. The van der Waals surface area contributed by atoms with Gasteiger partial charge in [0.2, 0.25) is 0 Å². The zero-order chi connectivity index (χ0) is 33.1. The number of esters is 1. The summed E-state index contributed by atoms with van der Waals surface area (Å²) in [5.41, 5.74) is 8.05. The number of ketones is 1. The molecule has 2 bridgehead atoms. The van der Waals surface area contributed by atoms with Crippen molar-refractivity contribution in [2.75, 3.05) is 14.2 Å². The third-order valence-corrected chi connectivity index (χ3v) is 10.8. The van der Waals surface area contributed by atoms with Crippen LogP contribution in [-0.2, 0) is 25.3 Å². The molecule has 4 fully saturated rings. The van der Waals surface area contributed by atoms with E-state index in [0.29, 0.717) is 45.9 Å². The Kier molecular flexibility index (Phi) is 9.17. The molecule has 2 aromatic rings. The number of aryl methyl sites for hydroxylation is 1. The fraction of sp³-hybridized carbons (Fsp3) is 0.600. The van der Waals surface area contributed by atoms with Crippen molar-refractivity contribution >= 4 is 30.5 Å². The van der Waals surface area contributed by atoms with Gasteiger partial charge in [-0.2, -0.15) is 0 Å². The van der Waals surface area contributed by atoms with E-state index in [0.717, 1.165) is 24.0 Å². The molecule has 1 unspecified atom stereocenters. The predicted molar refractivity (Wildman–Crippen MR) is 175 cm³/mol. The SMILES string of the molecule is COc1c(C[C@H](CC(=O)C(N)c2ccc(C)c(OC)c2Cl)B2O[C@@H]3C[C@@H]4C[C@@H](C4(C)C)[C@]3(C)O2)cccc1C(=O)OC(C)(C)C. The number of ether oxygens (including phenoxy) is 3. The van der Waals surface area contributed by atoms with Gasteiger partial charge in [-0.25, -0.2) is 4.79 Å². The number of benzene rings is 2. The number of halogens is 1. The van der Waals surface area contributed by atoms with E-state index >= 15 is 0 Å². The molecule has 1 aliphatic heterocycles. The molecule has 4 aliphatic rings. The summed E-state index contributed by atoms with van der Waals surface area (Å²) in [6.07, 6.45) is 2.40. The summed E-state index contributed by atoms with van der Waals surface area (Å²) < 4.78 is 30.5. The van der Waals surface area contributed by atoms with Crippen molar-refractivity contribution < 1.29 is 33.1 Å². The molecule has 0 radical (unpaired) electrons. The second-order valence-electron chi connectivity index (χ2n) is 14.8. The average Bonchev–Trinajstić information content (AvgIpc) is 3.33. The van der Waals surface area contributed by atoms with Crippen molar-refractivity contribution in [1.29, 1.82) is 0 Å². The number of carbonyl (C=O) groups excluding carboxylic acids is 2. The minimum absolute atomic E-state index is 0.0589. The van der Waals surface area contributed by atoms with E-state index in [1.165, 1.54) is 7.11 Å². The predicted octanol–water partition coefficient (Wildman–Crippen LogP) is 6.92. The number of rotatable bonds is 10. The van der Waals surface area contributed by atoms with Crippen molar-refractivity contribution in [3.63, 3.8) is 0 Å². The second kappa shape index (κ2) is 12.2. The summed E-state index contributed by atoms with van der Waals surface area (Å²) in [5.74, 6) is 0.755. The average molecular weight is 640 g/mol. The standard InChI is InChI=1S/C35H47BClNO7/c1-19-13-14-23(28(37)30(19)41-8)29(38)25(39)18-22(36-44-27-17-21-16-26(34(21,5)6)35(27,7)45-36)15-20-11-10-12-24(31(20)42-9)32(40)43-33(2,3)4/h10-14,21-22,26-27,29H,15-18,38H2,1-9H3/t21-,22+,26-,27+,29?,35-/m0/s1. The lowest BCUT2D eigenvalue weighted by atomic mass is 9.43. The molecular weight excluding hydrogens is 593 g/mol. The molecule has 3 aliphatic carbocycles. The quantitative estimate of drug-likeness (QED) is 0.221. The lowest BCUT2D eigenvalue weighted by molar-refractivity contribution is -0.199. The Morgan fingerprint density at radius 3 is 2.40 bits per heavy atom. The van der Waals surface area contributed by atoms with Crippen LogP contribution in [0.5, 0.6) is 11.5 Å². The van der Waals surface area contributed by atoms with Gasteiger partial charge in [0.25, 0.3) is 0 Å². The molecule has 0 amide bonds. The summed E-state index contributed by atoms with van der Waals surface area (Å²) in [6.45, 7) is 14.1. The fourth-order valence-corrected chi connectivity index (χ4v) is 8.25. The van der Waals surface area contributed by atoms with Gasteiger partial charge in [0.1, 0.15) is 22.7 Å². The van der Waals surface area contributed by atoms with Crippen LogP contribution in [0.15, 0.2) is 30.3 Å². The van der Waals surface area contributed by atoms with E-state index < -0.39 is 36.1 Å². The first-order valence-corrected chi connectivity index (χ1v) is 16.2. The van der Waals surface area contributed by atoms with E-state index in [1.807, 2.05) is 39.8 Å². The van der Waals surface area contributed by atoms with Crippen molar-refractivity contribution in [2.45, 2.75) is 103 Å². The third-order valence-electron chi connectivity index (χ3n) is 10.4. The summed E-state index contributed by atoms with van der Waals surface area (Å²) in [5, 5.41) is 0.329. The molecule has 2 N–H and O–H groups in total. The van der Waals surface area contributed by atoms with Gasteiger partial charge >= 0.3 is 13.1 Å². The highest BCUT2D eigenvalue weighted by molar-refractivity contribution is 6.48. The van der Waals surface area contributed by atoms with E-state index in [9.17, 15) is 9.59 Å². The largest absolute Gasteiger partial charge is 0.496 e. The summed E-state index contributed by atoms with van der Waals surface area (Å²) in [7, 11) is 2.42. The highest BCUT2D eigenvalue weighted by Gasteiger charge is 2.68. The summed E-state index contributed by atoms with van der Waals surface area (Å²) >= 11 is 6.66. The number of hydrogen-bond donors (Lipinski definition) is 1. The molecule has 244 valence electrons. The minimum atomic E-state index is -0.976. The van der Waals surface area contributed by atoms with Crippen LogP contribution < -0.4 is 15.2 Å². The molecule has 6 atom stereocenters. The van der Waals surface area contributed by atoms with E-state index in [4.69, 9.17) is 40.9 Å². The first kappa shape index (κ1) is 33.8. The molecule has 1 saturated heterocycles. The lowest BCUT2D eigenvalue weighted by Gasteiger charge is -2.64. The molecule has 0 spiro atoms. The first-order chi connectivity index (χ1) is 21.0. The number of methoxy groups -OCH3 is 2. The van der Waals surface area contributed by atoms with Crippen molar-refractivity contribution in [1.82, 2.24) is 0 Å². The van der Waals surface area contributed by atoms with Gasteiger partial charge in [-0.3, -0.25) is 4.79 Å². The topological polar surface area (TPSA) is 106 Å². The van der Waals surface area contributed by atoms with Crippen LogP contribution in [0, 0.1) is 24.2 Å². The van der Waals surface area contributed by atoms with Crippen LogP contribution in [0.1, 0.15) is 93.9 Å². The van der Waals surface area contributed by atoms with Crippen LogP contribution in [0.25, 0.3) is 0 Å². The van der Waals surface area contributed by atoms with E-state index in [2.05, 4.69) is 20.8 Å². The maximum absolute atomic E-state index is 14.0. The molecule has 8 nitrogen and oxygen atoms in total. The molecule has 1 heterocycles. The molecular formula is C35H47BClNO7.